The first-order chi connectivity index (χ1) is 15.5. The van der Waals surface area contributed by atoms with Crippen LogP contribution in [0.2, 0.25) is 0 Å². The fourth-order valence-electron chi connectivity index (χ4n) is 3.28. The lowest BCUT2D eigenvalue weighted by molar-refractivity contribution is -0.132. The molecule has 1 aromatic carbocycles. The van der Waals surface area contributed by atoms with Gasteiger partial charge < -0.3 is 24.3 Å². The molecule has 32 heavy (non-hydrogen) atoms. The summed E-state index contributed by atoms with van der Waals surface area (Å²) in [6, 6.07) is 7.13. The zero-order valence-electron chi connectivity index (χ0n) is 18.1. The van der Waals surface area contributed by atoms with E-state index in [0.717, 1.165) is 0 Å². The number of carbonyl (C=O) groups is 2. The minimum Gasteiger partial charge on any atom is -0.490 e. The molecule has 10 heteroatoms. The minimum absolute atomic E-state index is 0.0918. The average Bonchev–Trinajstić information content (AvgIpc) is 2.82. The van der Waals surface area contributed by atoms with E-state index < -0.39 is 0 Å². The molecule has 0 atom stereocenters. The van der Waals surface area contributed by atoms with E-state index in [9.17, 15) is 14.4 Å². The second-order valence-electron chi connectivity index (χ2n) is 7.14. The number of ether oxygens (including phenoxy) is 2. The topological polar surface area (TPSA) is 118 Å². The van der Waals surface area contributed by atoms with E-state index in [0.29, 0.717) is 56.5 Å². The van der Waals surface area contributed by atoms with Gasteiger partial charge in [-0.1, -0.05) is 24.8 Å². The van der Waals surface area contributed by atoms with E-state index in [1.807, 2.05) is 0 Å². The van der Waals surface area contributed by atoms with Crippen LogP contribution in [-0.2, 0) is 16.0 Å². The maximum absolute atomic E-state index is 12.5. The number of aromatic nitrogens is 3. The monoisotopic (exact) mass is 441 g/mol. The molecular formula is C22H27N5O5. The molecule has 0 unspecified atom stereocenters. The van der Waals surface area contributed by atoms with Crippen molar-refractivity contribution in [3.05, 3.63) is 53.0 Å². The van der Waals surface area contributed by atoms with E-state index >= 15 is 0 Å². The third-order valence-electron chi connectivity index (χ3n) is 4.97. The fourth-order valence-corrected chi connectivity index (χ4v) is 3.28. The van der Waals surface area contributed by atoms with Crippen molar-refractivity contribution >= 4 is 12.0 Å². The van der Waals surface area contributed by atoms with Gasteiger partial charge in [0.15, 0.2) is 5.82 Å². The lowest BCUT2D eigenvalue weighted by atomic mass is 10.2. The van der Waals surface area contributed by atoms with Gasteiger partial charge in [0, 0.05) is 44.6 Å². The van der Waals surface area contributed by atoms with Gasteiger partial charge in [-0.3, -0.25) is 9.59 Å². The number of hydrogen-bond acceptors (Lipinski definition) is 7. The summed E-state index contributed by atoms with van der Waals surface area (Å²) in [5.41, 5.74) is 0.483. The van der Waals surface area contributed by atoms with Crippen LogP contribution in [0.1, 0.15) is 19.0 Å². The van der Waals surface area contributed by atoms with Crippen molar-refractivity contribution in [2.75, 3.05) is 39.4 Å². The zero-order valence-corrected chi connectivity index (χ0v) is 18.1. The molecule has 0 aliphatic carbocycles. The van der Waals surface area contributed by atoms with Gasteiger partial charge in [-0.15, -0.1) is 10.2 Å². The van der Waals surface area contributed by atoms with Crippen molar-refractivity contribution in [2.24, 2.45) is 0 Å². The predicted molar refractivity (Wildman–Crippen MR) is 117 cm³/mol. The minimum atomic E-state index is -0.382. The maximum atomic E-state index is 12.5. The van der Waals surface area contributed by atoms with Crippen molar-refractivity contribution in [1.29, 1.82) is 0 Å². The third-order valence-corrected chi connectivity index (χ3v) is 4.97. The highest BCUT2D eigenvalue weighted by Crippen LogP contribution is 2.20. The van der Waals surface area contributed by atoms with Crippen LogP contribution < -0.4 is 10.3 Å². The number of aryl methyl sites for hydroxylation is 1. The third kappa shape index (κ3) is 5.93. The molecule has 1 saturated heterocycles. The zero-order chi connectivity index (χ0) is 22.9. The summed E-state index contributed by atoms with van der Waals surface area (Å²) in [6.07, 6.45) is 1.60. The number of nitrogens with zero attached hydrogens (tertiary/aromatic N) is 4. The molecular weight excluding hydrogens is 414 g/mol. The molecule has 2 amide bonds. The molecule has 10 nitrogen and oxygen atoms in total. The Balaban J connectivity index is 1.55. The standard InChI is InChI=1S/C22H27N5O5/c1-3-14-32-17-7-5-6-16(15-17)20-23-21(29)18(24-25-20)8-9-19(28)26-10-12-27(13-11-26)22(30)31-4-2/h3,5-7,15H,1,4,8-14H2,2H3,(H,23,25,29). The van der Waals surface area contributed by atoms with E-state index in [4.69, 9.17) is 9.47 Å². The number of nitrogens with one attached hydrogen (secondary N) is 1. The van der Waals surface area contributed by atoms with E-state index in [1.54, 1.807) is 47.1 Å². The number of carbonyl (C=O) groups excluding carboxylic acids is 2. The van der Waals surface area contributed by atoms with Gasteiger partial charge in [-0.2, -0.15) is 0 Å². The quantitative estimate of drug-likeness (QED) is 0.619. The fraction of sp³-hybridized carbons (Fsp3) is 0.409. The second-order valence-corrected chi connectivity index (χ2v) is 7.14. The molecule has 2 aromatic rings. The van der Waals surface area contributed by atoms with Crippen molar-refractivity contribution in [1.82, 2.24) is 25.0 Å². The van der Waals surface area contributed by atoms with Crippen LogP contribution in [-0.4, -0.2) is 76.4 Å². The molecule has 0 saturated carbocycles. The molecule has 1 N–H and O–H groups in total. The van der Waals surface area contributed by atoms with Crippen LogP contribution in [0.4, 0.5) is 4.79 Å². The van der Waals surface area contributed by atoms with Crippen molar-refractivity contribution in [3.63, 3.8) is 0 Å². The Labute approximate surface area is 185 Å². The number of benzene rings is 1. The largest absolute Gasteiger partial charge is 0.490 e. The predicted octanol–water partition coefficient (Wildman–Crippen LogP) is 1.63. The molecule has 0 spiro atoms. The lowest BCUT2D eigenvalue weighted by Gasteiger charge is -2.34. The number of aromatic amines is 1. The first-order valence-electron chi connectivity index (χ1n) is 10.5. The van der Waals surface area contributed by atoms with Crippen LogP contribution in [0.5, 0.6) is 5.75 Å². The van der Waals surface area contributed by atoms with Crippen LogP contribution in [0.3, 0.4) is 0 Å². The van der Waals surface area contributed by atoms with Gasteiger partial charge in [0.25, 0.3) is 5.56 Å². The second kappa shape index (κ2) is 11.1. The molecule has 2 heterocycles. The number of piperazine rings is 1. The number of amides is 2. The Kier molecular flexibility index (Phi) is 7.96. The number of H-pyrrole nitrogens is 1. The normalized spacial score (nSPS) is 13.5. The van der Waals surface area contributed by atoms with Gasteiger partial charge in [-0.25, -0.2) is 4.79 Å². The number of rotatable bonds is 8. The smallest absolute Gasteiger partial charge is 0.409 e. The summed E-state index contributed by atoms with van der Waals surface area (Å²) in [5.74, 6) is 0.859. The van der Waals surface area contributed by atoms with Gasteiger partial charge >= 0.3 is 6.09 Å². The molecule has 1 fully saturated rings. The summed E-state index contributed by atoms with van der Waals surface area (Å²) in [7, 11) is 0. The van der Waals surface area contributed by atoms with Crippen molar-refractivity contribution in [3.8, 4) is 17.1 Å². The summed E-state index contributed by atoms with van der Waals surface area (Å²) >= 11 is 0. The first-order valence-corrected chi connectivity index (χ1v) is 10.5. The Morgan fingerprint density at radius 1 is 1.19 bits per heavy atom. The molecule has 0 bridgehead atoms. The highest BCUT2D eigenvalue weighted by molar-refractivity contribution is 5.77. The molecule has 1 aliphatic heterocycles. The summed E-state index contributed by atoms with van der Waals surface area (Å²) in [4.78, 5) is 42.7. The van der Waals surface area contributed by atoms with Crippen LogP contribution in [0.15, 0.2) is 41.7 Å². The first kappa shape index (κ1) is 23.0. The lowest BCUT2D eigenvalue weighted by Crippen LogP contribution is -2.50. The van der Waals surface area contributed by atoms with Crippen molar-refractivity contribution < 1.29 is 19.1 Å². The Morgan fingerprint density at radius 2 is 1.94 bits per heavy atom. The van der Waals surface area contributed by atoms with Gasteiger partial charge in [0.05, 0.1) is 6.61 Å². The van der Waals surface area contributed by atoms with Gasteiger partial charge in [0.2, 0.25) is 5.91 Å². The Bertz CT molecular complexity index is 1010. The number of hydrogen-bond donors (Lipinski definition) is 1. The molecule has 1 aromatic heterocycles. The highest BCUT2D eigenvalue weighted by atomic mass is 16.6. The molecule has 3 rings (SSSR count). The SMILES string of the molecule is C=CCOc1cccc(-c2nnc(CCC(=O)N3CCN(C(=O)OCC)CC3)c(=O)[nH]2)c1. The van der Waals surface area contributed by atoms with Crippen LogP contribution >= 0.6 is 0 Å². The van der Waals surface area contributed by atoms with Gasteiger partial charge in [-0.05, 0) is 19.1 Å². The summed E-state index contributed by atoms with van der Waals surface area (Å²) < 4.78 is 10.5. The summed E-state index contributed by atoms with van der Waals surface area (Å²) in [6.45, 7) is 7.78. The average molecular weight is 441 g/mol. The highest BCUT2D eigenvalue weighted by Gasteiger charge is 2.24. The maximum Gasteiger partial charge on any atom is 0.409 e. The van der Waals surface area contributed by atoms with Crippen LogP contribution in [0.25, 0.3) is 11.4 Å². The molecule has 1 aliphatic rings. The van der Waals surface area contributed by atoms with Gasteiger partial charge in [0.1, 0.15) is 18.1 Å². The Hall–Kier alpha value is -3.69. The molecule has 170 valence electrons. The van der Waals surface area contributed by atoms with Crippen molar-refractivity contribution in [2.45, 2.75) is 19.8 Å². The summed E-state index contributed by atoms with van der Waals surface area (Å²) in [5, 5.41) is 8.13. The molecule has 0 radical (unpaired) electrons. The Morgan fingerprint density at radius 3 is 2.62 bits per heavy atom. The van der Waals surface area contributed by atoms with E-state index in [1.165, 1.54) is 0 Å². The van der Waals surface area contributed by atoms with E-state index in [-0.39, 0.29) is 36.1 Å². The van der Waals surface area contributed by atoms with E-state index in [2.05, 4.69) is 21.8 Å². The van der Waals surface area contributed by atoms with Crippen LogP contribution in [0, 0.1) is 0 Å².